The summed E-state index contributed by atoms with van der Waals surface area (Å²) in [5, 5.41) is 3.00. The Hall–Kier alpha value is -0.465. The molecule has 0 heterocycles. The summed E-state index contributed by atoms with van der Waals surface area (Å²) in [6, 6.07) is 0. The summed E-state index contributed by atoms with van der Waals surface area (Å²) in [5.74, 6) is 0.607. The summed E-state index contributed by atoms with van der Waals surface area (Å²) in [7, 11) is 6.15. The quantitative estimate of drug-likeness (QED) is 0.492. The third-order valence-corrected chi connectivity index (χ3v) is 3.88. The van der Waals surface area contributed by atoms with E-state index in [4.69, 9.17) is 7.85 Å². The lowest BCUT2D eigenvalue weighted by Crippen LogP contribution is -2.49. The molecule has 2 radical (unpaired) electrons. The number of nitrogens with one attached hydrogen (secondary N) is 1. The van der Waals surface area contributed by atoms with E-state index in [0.29, 0.717) is 5.92 Å². The standard InChI is InChI=1S/C15H30BNO/c1-6-9-10-11-15(5,16)17-14(18)12(4)13(7-2)8-3/h12-13H,6-11H2,1-5H3,(H,17,18). The van der Waals surface area contributed by atoms with Crippen LogP contribution in [0.25, 0.3) is 0 Å². The van der Waals surface area contributed by atoms with Gasteiger partial charge in [-0.15, -0.1) is 0 Å². The molecule has 104 valence electrons. The molecule has 0 saturated heterocycles. The van der Waals surface area contributed by atoms with Gasteiger partial charge in [-0.1, -0.05) is 66.7 Å². The first-order valence-electron chi connectivity index (χ1n) is 7.48. The number of hydrogen-bond donors (Lipinski definition) is 1. The molecule has 1 amide bonds. The Labute approximate surface area is 115 Å². The van der Waals surface area contributed by atoms with Crippen LogP contribution in [-0.2, 0) is 4.79 Å². The lowest BCUT2D eigenvalue weighted by molar-refractivity contribution is -0.127. The van der Waals surface area contributed by atoms with Crippen molar-refractivity contribution >= 4 is 13.8 Å². The Morgan fingerprint density at radius 1 is 1.22 bits per heavy atom. The number of carbonyl (C=O) groups is 1. The van der Waals surface area contributed by atoms with Gasteiger partial charge in [-0.2, -0.15) is 0 Å². The van der Waals surface area contributed by atoms with Crippen LogP contribution in [0.4, 0.5) is 0 Å². The van der Waals surface area contributed by atoms with Crippen molar-refractivity contribution in [2.24, 2.45) is 11.8 Å². The zero-order valence-corrected chi connectivity index (χ0v) is 12.9. The predicted molar refractivity (Wildman–Crippen MR) is 79.7 cm³/mol. The van der Waals surface area contributed by atoms with E-state index in [2.05, 4.69) is 26.1 Å². The van der Waals surface area contributed by atoms with Gasteiger partial charge >= 0.3 is 0 Å². The van der Waals surface area contributed by atoms with E-state index < -0.39 is 5.44 Å². The Balaban J connectivity index is 4.26. The van der Waals surface area contributed by atoms with Crippen molar-refractivity contribution in [3.8, 4) is 0 Å². The third kappa shape index (κ3) is 6.46. The number of unbranched alkanes of at least 4 members (excludes halogenated alkanes) is 2. The van der Waals surface area contributed by atoms with Crippen LogP contribution in [0, 0.1) is 11.8 Å². The minimum Gasteiger partial charge on any atom is -0.359 e. The highest BCUT2D eigenvalue weighted by Crippen LogP contribution is 2.20. The van der Waals surface area contributed by atoms with E-state index in [9.17, 15) is 4.79 Å². The Kier molecular flexibility index (Phi) is 8.38. The van der Waals surface area contributed by atoms with Crippen LogP contribution < -0.4 is 5.32 Å². The molecule has 0 aliphatic carbocycles. The molecule has 0 aromatic carbocycles. The van der Waals surface area contributed by atoms with E-state index >= 15 is 0 Å². The molecule has 0 aromatic heterocycles. The molecule has 3 heteroatoms. The molecule has 2 atom stereocenters. The van der Waals surface area contributed by atoms with Crippen LogP contribution in [0.5, 0.6) is 0 Å². The van der Waals surface area contributed by atoms with Gasteiger partial charge in [0.05, 0.1) is 0 Å². The molecule has 0 rings (SSSR count). The lowest BCUT2D eigenvalue weighted by atomic mass is 9.74. The summed E-state index contributed by atoms with van der Waals surface area (Å²) < 4.78 is 0. The van der Waals surface area contributed by atoms with Gasteiger partial charge < -0.3 is 5.32 Å². The zero-order chi connectivity index (χ0) is 14.2. The first-order chi connectivity index (χ1) is 8.37. The molecular formula is C15H30BNO. The highest BCUT2D eigenvalue weighted by atomic mass is 16.2. The monoisotopic (exact) mass is 251 g/mol. The lowest BCUT2D eigenvalue weighted by Gasteiger charge is -2.30. The Morgan fingerprint density at radius 2 is 1.78 bits per heavy atom. The minimum atomic E-state index is -0.563. The molecule has 2 unspecified atom stereocenters. The molecule has 0 saturated carbocycles. The van der Waals surface area contributed by atoms with Gasteiger partial charge in [0, 0.05) is 5.92 Å². The number of amides is 1. The first kappa shape index (κ1) is 17.5. The summed E-state index contributed by atoms with van der Waals surface area (Å²) in [4.78, 5) is 12.2. The fourth-order valence-electron chi connectivity index (χ4n) is 2.41. The topological polar surface area (TPSA) is 29.1 Å². The SMILES string of the molecule is [B]C(C)(CCCCC)NC(=O)C(C)C(CC)CC. The zero-order valence-electron chi connectivity index (χ0n) is 12.9. The van der Waals surface area contributed by atoms with E-state index in [1.54, 1.807) is 0 Å². The van der Waals surface area contributed by atoms with Crippen molar-refractivity contribution in [3.63, 3.8) is 0 Å². The molecular weight excluding hydrogens is 221 g/mol. The van der Waals surface area contributed by atoms with Crippen LogP contribution in [0.15, 0.2) is 0 Å². The van der Waals surface area contributed by atoms with Crippen LogP contribution in [-0.4, -0.2) is 19.2 Å². The van der Waals surface area contributed by atoms with Crippen molar-refractivity contribution in [2.75, 3.05) is 0 Å². The van der Waals surface area contributed by atoms with Crippen LogP contribution in [0.1, 0.15) is 73.1 Å². The molecule has 0 aromatic rings. The maximum atomic E-state index is 12.2. The first-order valence-corrected chi connectivity index (χ1v) is 7.48. The number of rotatable bonds is 9. The Morgan fingerprint density at radius 3 is 2.22 bits per heavy atom. The van der Waals surface area contributed by atoms with Crippen molar-refractivity contribution in [1.82, 2.24) is 5.32 Å². The van der Waals surface area contributed by atoms with Gasteiger partial charge in [0.15, 0.2) is 0 Å². The molecule has 0 aliphatic heterocycles. The molecule has 0 bridgehead atoms. The second-order valence-electron chi connectivity index (χ2n) is 5.73. The summed E-state index contributed by atoms with van der Waals surface area (Å²) >= 11 is 0. The van der Waals surface area contributed by atoms with E-state index in [1.165, 1.54) is 12.8 Å². The van der Waals surface area contributed by atoms with Crippen LogP contribution in [0.2, 0.25) is 0 Å². The fourth-order valence-corrected chi connectivity index (χ4v) is 2.41. The minimum absolute atomic E-state index is 0.0500. The second-order valence-corrected chi connectivity index (χ2v) is 5.73. The fraction of sp³-hybridized carbons (Fsp3) is 0.933. The average Bonchev–Trinajstić information content (AvgIpc) is 2.30. The Bertz CT molecular complexity index is 237. The van der Waals surface area contributed by atoms with Gasteiger partial charge in [0.25, 0.3) is 0 Å². The van der Waals surface area contributed by atoms with Crippen molar-refractivity contribution in [1.29, 1.82) is 0 Å². The maximum absolute atomic E-state index is 12.2. The molecule has 0 spiro atoms. The van der Waals surface area contributed by atoms with E-state index in [0.717, 1.165) is 25.7 Å². The van der Waals surface area contributed by atoms with E-state index in [-0.39, 0.29) is 11.8 Å². The number of hydrogen-bond acceptors (Lipinski definition) is 1. The maximum Gasteiger partial charge on any atom is 0.222 e. The van der Waals surface area contributed by atoms with Gasteiger partial charge in [0.2, 0.25) is 5.91 Å². The molecule has 0 fully saturated rings. The summed E-state index contributed by atoms with van der Waals surface area (Å²) in [6.07, 6.45) is 6.36. The summed E-state index contributed by atoms with van der Waals surface area (Å²) in [5.41, 5.74) is -0.563. The predicted octanol–water partition coefficient (Wildman–Crippen LogP) is 3.64. The van der Waals surface area contributed by atoms with E-state index in [1.807, 2.05) is 13.8 Å². The smallest absolute Gasteiger partial charge is 0.222 e. The molecule has 18 heavy (non-hydrogen) atoms. The largest absolute Gasteiger partial charge is 0.359 e. The highest BCUT2D eigenvalue weighted by Gasteiger charge is 2.26. The van der Waals surface area contributed by atoms with Crippen LogP contribution in [0.3, 0.4) is 0 Å². The number of carbonyl (C=O) groups excluding carboxylic acids is 1. The van der Waals surface area contributed by atoms with Gasteiger partial charge in [-0.25, -0.2) is 0 Å². The second kappa shape index (κ2) is 8.60. The van der Waals surface area contributed by atoms with Gasteiger partial charge in [0.1, 0.15) is 7.85 Å². The molecule has 1 N–H and O–H groups in total. The summed E-state index contributed by atoms with van der Waals surface area (Å²) in [6.45, 7) is 10.4. The van der Waals surface area contributed by atoms with Crippen molar-refractivity contribution < 1.29 is 4.79 Å². The molecule has 0 aliphatic rings. The van der Waals surface area contributed by atoms with Gasteiger partial charge in [-0.3, -0.25) is 4.79 Å². The van der Waals surface area contributed by atoms with Crippen LogP contribution >= 0.6 is 0 Å². The average molecular weight is 251 g/mol. The molecule has 2 nitrogen and oxygen atoms in total. The van der Waals surface area contributed by atoms with Crippen molar-refractivity contribution in [3.05, 3.63) is 0 Å². The van der Waals surface area contributed by atoms with Crippen molar-refractivity contribution in [2.45, 2.75) is 78.6 Å². The van der Waals surface area contributed by atoms with Gasteiger partial charge in [-0.05, 0) is 17.8 Å². The third-order valence-electron chi connectivity index (χ3n) is 3.88. The normalized spacial score (nSPS) is 16.3. The highest BCUT2D eigenvalue weighted by molar-refractivity contribution is 6.16.